The van der Waals surface area contributed by atoms with Crippen molar-refractivity contribution < 1.29 is 4.79 Å². The zero-order valence-electron chi connectivity index (χ0n) is 7.67. The smallest absolute Gasteiger partial charge is 0.211 e. The van der Waals surface area contributed by atoms with Crippen molar-refractivity contribution in [3.8, 4) is 0 Å². The predicted octanol–water partition coefficient (Wildman–Crippen LogP) is 3.03. The van der Waals surface area contributed by atoms with Crippen molar-refractivity contribution in [2.75, 3.05) is 5.32 Å². The molecular formula is C10H12ClNO. The lowest BCUT2D eigenvalue weighted by Crippen LogP contribution is -2.00. The predicted molar refractivity (Wildman–Crippen MR) is 55.2 cm³/mol. The molecule has 0 aliphatic heterocycles. The molecule has 0 heterocycles. The van der Waals surface area contributed by atoms with Gasteiger partial charge in [0, 0.05) is 10.7 Å². The standard InChI is InChI=1S/C10H12ClNO/c1-7(2)9-4-3-8(11)5-10(9)12-6-13/h3-7H,1-2H3,(H,12,13). The monoisotopic (exact) mass is 197 g/mol. The molecule has 0 unspecified atom stereocenters. The van der Waals surface area contributed by atoms with Gasteiger partial charge in [0.15, 0.2) is 0 Å². The Balaban J connectivity index is 3.10. The maximum Gasteiger partial charge on any atom is 0.211 e. The van der Waals surface area contributed by atoms with Gasteiger partial charge in [-0.2, -0.15) is 0 Å². The van der Waals surface area contributed by atoms with Gasteiger partial charge in [-0.25, -0.2) is 0 Å². The van der Waals surface area contributed by atoms with Crippen LogP contribution in [0, 0.1) is 0 Å². The summed E-state index contributed by atoms with van der Waals surface area (Å²) in [5, 5.41) is 3.27. The third kappa shape index (κ3) is 2.46. The second kappa shape index (κ2) is 4.28. The van der Waals surface area contributed by atoms with Gasteiger partial charge in [0.1, 0.15) is 0 Å². The molecule has 1 amide bonds. The average Bonchev–Trinajstić information content (AvgIpc) is 2.04. The lowest BCUT2D eigenvalue weighted by molar-refractivity contribution is -0.105. The van der Waals surface area contributed by atoms with E-state index in [1.54, 1.807) is 6.07 Å². The molecule has 13 heavy (non-hydrogen) atoms. The molecule has 0 bridgehead atoms. The summed E-state index contributed by atoms with van der Waals surface area (Å²) >= 11 is 5.80. The van der Waals surface area contributed by atoms with Gasteiger partial charge in [-0.05, 0) is 23.6 Å². The minimum Gasteiger partial charge on any atom is -0.328 e. The van der Waals surface area contributed by atoms with E-state index in [2.05, 4.69) is 19.2 Å². The van der Waals surface area contributed by atoms with Crippen LogP contribution in [-0.4, -0.2) is 6.41 Å². The van der Waals surface area contributed by atoms with Gasteiger partial charge in [0.25, 0.3) is 0 Å². The first-order valence-corrected chi connectivity index (χ1v) is 4.52. The van der Waals surface area contributed by atoms with Gasteiger partial charge in [0.2, 0.25) is 6.41 Å². The Morgan fingerprint density at radius 3 is 2.69 bits per heavy atom. The van der Waals surface area contributed by atoms with Crippen molar-refractivity contribution in [2.45, 2.75) is 19.8 Å². The van der Waals surface area contributed by atoms with E-state index in [4.69, 9.17) is 11.6 Å². The molecule has 1 rings (SSSR count). The summed E-state index contributed by atoms with van der Waals surface area (Å²) in [5.41, 5.74) is 1.88. The summed E-state index contributed by atoms with van der Waals surface area (Å²) in [6.45, 7) is 4.14. The summed E-state index contributed by atoms with van der Waals surface area (Å²) in [4.78, 5) is 10.3. The number of halogens is 1. The van der Waals surface area contributed by atoms with Crippen LogP contribution in [0.4, 0.5) is 5.69 Å². The number of rotatable bonds is 3. The zero-order valence-corrected chi connectivity index (χ0v) is 8.43. The fraction of sp³-hybridized carbons (Fsp3) is 0.300. The van der Waals surface area contributed by atoms with Crippen molar-refractivity contribution >= 4 is 23.7 Å². The fourth-order valence-corrected chi connectivity index (χ4v) is 1.39. The summed E-state index contributed by atoms with van der Waals surface area (Å²) < 4.78 is 0. The van der Waals surface area contributed by atoms with Crippen molar-refractivity contribution in [3.05, 3.63) is 28.8 Å². The summed E-state index contributed by atoms with van der Waals surface area (Å²) in [6, 6.07) is 5.51. The molecule has 1 aromatic carbocycles. The third-order valence-electron chi connectivity index (χ3n) is 1.85. The molecule has 0 fully saturated rings. The van der Waals surface area contributed by atoms with Gasteiger partial charge < -0.3 is 5.32 Å². The molecule has 3 heteroatoms. The van der Waals surface area contributed by atoms with Crippen molar-refractivity contribution in [1.82, 2.24) is 0 Å². The normalized spacial score (nSPS) is 10.2. The van der Waals surface area contributed by atoms with Crippen LogP contribution in [0.3, 0.4) is 0 Å². The maximum atomic E-state index is 10.3. The first-order chi connectivity index (χ1) is 6.15. The molecular weight excluding hydrogens is 186 g/mol. The minimum atomic E-state index is 0.375. The quantitative estimate of drug-likeness (QED) is 0.742. The van der Waals surface area contributed by atoms with E-state index in [9.17, 15) is 4.79 Å². The molecule has 0 aliphatic carbocycles. The Labute approximate surface area is 82.9 Å². The fourth-order valence-electron chi connectivity index (χ4n) is 1.22. The van der Waals surface area contributed by atoms with Crippen LogP contribution in [0.5, 0.6) is 0 Å². The average molecular weight is 198 g/mol. The molecule has 0 saturated heterocycles. The lowest BCUT2D eigenvalue weighted by atomic mass is 10.0. The minimum absolute atomic E-state index is 0.375. The van der Waals surface area contributed by atoms with Crippen LogP contribution in [-0.2, 0) is 4.79 Å². The number of carbonyl (C=O) groups excluding carboxylic acids is 1. The van der Waals surface area contributed by atoms with E-state index in [0.717, 1.165) is 11.3 Å². The molecule has 0 saturated carbocycles. The SMILES string of the molecule is CC(C)c1ccc(Cl)cc1NC=O. The van der Waals surface area contributed by atoms with Crippen LogP contribution < -0.4 is 5.32 Å². The first kappa shape index (κ1) is 10.1. The molecule has 0 atom stereocenters. The second-order valence-electron chi connectivity index (χ2n) is 3.15. The van der Waals surface area contributed by atoms with Crippen LogP contribution in [0.25, 0.3) is 0 Å². The molecule has 0 aromatic heterocycles. The van der Waals surface area contributed by atoms with Gasteiger partial charge in [0.05, 0.1) is 0 Å². The molecule has 70 valence electrons. The Morgan fingerprint density at radius 1 is 1.46 bits per heavy atom. The molecule has 0 spiro atoms. The van der Waals surface area contributed by atoms with Crippen LogP contribution >= 0.6 is 11.6 Å². The van der Waals surface area contributed by atoms with E-state index in [-0.39, 0.29) is 0 Å². The van der Waals surface area contributed by atoms with E-state index in [0.29, 0.717) is 17.4 Å². The number of amides is 1. The topological polar surface area (TPSA) is 29.1 Å². The zero-order chi connectivity index (χ0) is 9.84. The number of nitrogens with one attached hydrogen (secondary N) is 1. The van der Waals surface area contributed by atoms with Crippen molar-refractivity contribution in [2.24, 2.45) is 0 Å². The Kier molecular flexibility index (Phi) is 3.32. The number of hydrogen-bond acceptors (Lipinski definition) is 1. The largest absolute Gasteiger partial charge is 0.328 e. The molecule has 0 radical (unpaired) electrons. The number of hydrogen-bond donors (Lipinski definition) is 1. The van der Waals surface area contributed by atoms with Gasteiger partial charge in [-0.3, -0.25) is 4.79 Å². The van der Waals surface area contributed by atoms with Crippen molar-refractivity contribution in [1.29, 1.82) is 0 Å². The number of carbonyl (C=O) groups is 1. The Bertz CT molecular complexity index is 310. The first-order valence-electron chi connectivity index (χ1n) is 4.14. The third-order valence-corrected chi connectivity index (χ3v) is 2.09. The lowest BCUT2D eigenvalue weighted by Gasteiger charge is -2.11. The van der Waals surface area contributed by atoms with Crippen molar-refractivity contribution in [3.63, 3.8) is 0 Å². The van der Waals surface area contributed by atoms with Gasteiger partial charge >= 0.3 is 0 Å². The highest BCUT2D eigenvalue weighted by atomic mass is 35.5. The summed E-state index contributed by atoms with van der Waals surface area (Å²) in [7, 11) is 0. The second-order valence-corrected chi connectivity index (χ2v) is 3.58. The number of benzene rings is 1. The van der Waals surface area contributed by atoms with Crippen LogP contribution in [0.2, 0.25) is 5.02 Å². The molecule has 2 nitrogen and oxygen atoms in total. The van der Waals surface area contributed by atoms with E-state index in [1.165, 1.54) is 0 Å². The van der Waals surface area contributed by atoms with E-state index >= 15 is 0 Å². The molecule has 0 aliphatic rings. The highest BCUT2D eigenvalue weighted by Gasteiger charge is 2.05. The van der Waals surface area contributed by atoms with E-state index < -0.39 is 0 Å². The molecule has 1 aromatic rings. The summed E-state index contributed by atoms with van der Waals surface area (Å²) in [5.74, 6) is 0.375. The van der Waals surface area contributed by atoms with Gasteiger partial charge in [-0.1, -0.05) is 31.5 Å². The number of anilines is 1. The molecule has 1 N–H and O–H groups in total. The highest BCUT2D eigenvalue weighted by Crippen LogP contribution is 2.26. The van der Waals surface area contributed by atoms with E-state index in [1.807, 2.05) is 12.1 Å². The Morgan fingerprint density at radius 2 is 2.15 bits per heavy atom. The highest BCUT2D eigenvalue weighted by molar-refractivity contribution is 6.30. The van der Waals surface area contributed by atoms with Gasteiger partial charge in [-0.15, -0.1) is 0 Å². The van der Waals surface area contributed by atoms with Crippen LogP contribution in [0.1, 0.15) is 25.3 Å². The maximum absolute atomic E-state index is 10.3. The Hall–Kier alpha value is -1.02. The summed E-state index contributed by atoms with van der Waals surface area (Å²) in [6.07, 6.45) is 0.664. The van der Waals surface area contributed by atoms with Crippen LogP contribution in [0.15, 0.2) is 18.2 Å².